The maximum atomic E-state index is 9.63. The average Bonchev–Trinajstić information content (AvgIpc) is 1.36. The minimum absolute atomic E-state index is 1.16. The fraction of sp³-hybridized carbons (Fsp3) is 1.00. The number of hydrogen-bond acceptors (Lipinski definition) is 4. The van der Waals surface area contributed by atoms with Crippen molar-refractivity contribution in [3.8, 4) is 0 Å². The maximum absolute atomic E-state index is 9.63. The lowest BCUT2D eigenvalue weighted by Crippen LogP contribution is -2.02. The molecule has 0 aromatic carbocycles. The Labute approximate surface area is 43.4 Å². The smallest absolute Gasteiger partial charge is 0.144 e. The van der Waals surface area contributed by atoms with Crippen molar-refractivity contribution in [2.24, 2.45) is 11.7 Å². The Hall–Kier alpha value is -0.130. The highest BCUT2D eigenvalue weighted by Crippen LogP contribution is 1.61. The number of nitrogens with two attached hydrogens (primary N) is 2. The normalized spacial score (nSPS) is 9.14. The number of hydrazine groups is 1. The third-order valence-corrected chi connectivity index (χ3v) is 0. The summed E-state index contributed by atoms with van der Waals surface area (Å²) in [5.41, 5.74) is 0. The molecule has 0 aliphatic heterocycles. The van der Waals surface area contributed by atoms with E-state index in [1.54, 1.807) is 0 Å². The van der Waals surface area contributed by atoms with Gasteiger partial charge in [-0.15, -0.1) is 0 Å². The highest BCUT2D eigenvalue weighted by molar-refractivity contribution is 7.89. The van der Waals surface area contributed by atoms with Crippen molar-refractivity contribution < 1.29 is 8.42 Å². The summed E-state index contributed by atoms with van der Waals surface area (Å²) < 4.78 is 19.3. The van der Waals surface area contributed by atoms with Gasteiger partial charge in [-0.2, -0.15) is 0 Å². The molecule has 0 saturated carbocycles. The van der Waals surface area contributed by atoms with E-state index in [1.165, 1.54) is 0 Å². The lowest BCUT2D eigenvalue weighted by Gasteiger charge is -1.69. The molecule has 0 saturated heterocycles. The van der Waals surface area contributed by atoms with Crippen molar-refractivity contribution in [2.75, 3.05) is 12.5 Å². The SMILES string of the molecule is CS(C)(=O)=O.NN. The first kappa shape index (κ1) is 9.98. The molecule has 0 heterocycles. The third kappa shape index (κ3) is 5200. The van der Waals surface area contributed by atoms with Gasteiger partial charge in [-0.1, -0.05) is 0 Å². The third-order valence-electron chi connectivity index (χ3n) is 0. The molecule has 0 atom stereocenters. The van der Waals surface area contributed by atoms with Crippen molar-refractivity contribution >= 4 is 9.84 Å². The summed E-state index contributed by atoms with van der Waals surface area (Å²) in [6, 6.07) is 0. The van der Waals surface area contributed by atoms with Gasteiger partial charge in [0.25, 0.3) is 0 Å². The number of rotatable bonds is 0. The molecule has 7 heavy (non-hydrogen) atoms. The molecule has 0 rings (SSSR count). The summed E-state index contributed by atoms with van der Waals surface area (Å²) in [6.07, 6.45) is 2.32. The van der Waals surface area contributed by atoms with Crippen LogP contribution >= 0.6 is 0 Å². The van der Waals surface area contributed by atoms with Crippen LogP contribution in [0.1, 0.15) is 0 Å². The number of sulfone groups is 1. The van der Waals surface area contributed by atoms with Crippen LogP contribution in [-0.4, -0.2) is 20.9 Å². The van der Waals surface area contributed by atoms with Crippen LogP contribution < -0.4 is 11.7 Å². The van der Waals surface area contributed by atoms with E-state index < -0.39 is 9.84 Å². The highest BCUT2D eigenvalue weighted by atomic mass is 32.2. The van der Waals surface area contributed by atoms with Crippen LogP contribution in [0.25, 0.3) is 0 Å². The molecule has 4 N–H and O–H groups in total. The molecule has 0 amide bonds. The van der Waals surface area contributed by atoms with E-state index in [0.717, 1.165) is 12.5 Å². The quantitative estimate of drug-likeness (QED) is 0.305. The Morgan fingerprint density at radius 1 is 1.14 bits per heavy atom. The van der Waals surface area contributed by atoms with Crippen LogP contribution in [0.3, 0.4) is 0 Å². The summed E-state index contributed by atoms with van der Waals surface area (Å²) in [7, 11) is -2.67. The van der Waals surface area contributed by atoms with Gasteiger partial charge >= 0.3 is 0 Å². The fourth-order valence-corrected chi connectivity index (χ4v) is 0. The van der Waals surface area contributed by atoms with E-state index in [9.17, 15) is 8.42 Å². The predicted octanol–water partition coefficient (Wildman–Crippen LogP) is -1.52. The molecule has 5 heteroatoms. The zero-order valence-electron chi connectivity index (χ0n) is 4.38. The minimum Gasteiger partial charge on any atom is -0.274 e. The second kappa shape index (κ2) is 4.04. The Bertz CT molecular complexity index is 96.9. The van der Waals surface area contributed by atoms with Gasteiger partial charge in [-0.05, 0) is 0 Å². The summed E-state index contributed by atoms with van der Waals surface area (Å²) in [6.45, 7) is 0. The van der Waals surface area contributed by atoms with E-state index in [0.29, 0.717) is 0 Å². The van der Waals surface area contributed by atoms with E-state index in [1.807, 2.05) is 0 Å². The van der Waals surface area contributed by atoms with E-state index >= 15 is 0 Å². The van der Waals surface area contributed by atoms with Gasteiger partial charge in [0, 0.05) is 12.5 Å². The molecule has 0 fully saturated rings. The van der Waals surface area contributed by atoms with Gasteiger partial charge in [-0.25, -0.2) is 8.42 Å². The summed E-state index contributed by atoms with van der Waals surface area (Å²) in [4.78, 5) is 0. The summed E-state index contributed by atoms with van der Waals surface area (Å²) in [5, 5.41) is 0. The van der Waals surface area contributed by atoms with Crippen molar-refractivity contribution in [3.05, 3.63) is 0 Å². The molecule has 0 aromatic rings. The second-order valence-corrected chi connectivity index (χ2v) is 3.43. The van der Waals surface area contributed by atoms with Crippen LogP contribution in [0.5, 0.6) is 0 Å². The first-order valence-corrected chi connectivity index (χ1v) is 3.78. The molecule has 46 valence electrons. The average molecular weight is 126 g/mol. The Morgan fingerprint density at radius 2 is 1.14 bits per heavy atom. The number of hydrogen-bond donors (Lipinski definition) is 2. The first-order valence-electron chi connectivity index (χ1n) is 1.48. The Kier molecular flexibility index (Phi) is 5.76. The molecule has 0 radical (unpaired) electrons. The zero-order chi connectivity index (χ0) is 6.50. The van der Waals surface area contributed by atoms with Crippen LogP contribution in [0.4, 0.5) is 0 Å². The largest absolute Gasteiger partial charge is 0.274 e. The fourth-order valence-electron chi connectivity index (χ4n) is 0. The molecule has 0 aliphatic carbocycles. The van der Waals surface area contributed by atoms with Crippen LogP contribution in [0.2, 0.25) is 0 Å². The first-order chi connectivity index (χ1) is 3.00. The van der Waals surface area contributed by atoms with Gasteiger partial charge < -0.3 is 0 Å². The Morgan fingerprint density at radius 3 is 1.14 bits per heavy atom. The van der Waals surface area contributed by atoms with Crippen molar-refractivity contribution in [2.45, 2.75) is 0 Å². The monoisotopic (exact) mass is 126 g/mol. The van der Waals surface area contributed by atoms with Gasteiger partial charge in [0.2, 0.25) is 0 Å². The van der Waals surface area contributed by atoms with Gasteiger partial charge in [0.1, 0.15) is 9.84 Å². The van der Waals surface area contributed by atoms with Crippen LogP contribution in [0.15, 0.2) is 0 Å². The second-order valence-electron chi connectivity index (χ2n) is 1.14. The predicted molar refractivity (Wildman–Crippen MR) is 29.1 cm³/mol. The van der Waals surface area contributed by atoms with Crippen molar-refractivity contribution in [3.63, 3.8) is 0 Å². The molecule has 0 unspecified atom stereocenters. The van der Waals surface area contributed by atoms with E-state index in [2.05, 4.69) is 11.7 Å². The topological polar surface area (TPSA) is 86.2 Å². The minimum atomic E-state index is -2.67. The Balaban J connectivity index is 0. The van der Waals surface area contributed by atoms with Gasteiger partial charge in [0.05, 0.1) is 0 Å². The van der Waals surface area contributed by atoms with Gasteiger partial charge in [0.15, 0.2) is 0 Å². The summed E-state index contributed by atoms with van der Waals surface area (Å²) in [5.74, 6) is 8.00. The molecular formula is C2H10N2O2S. The van der Waals surface area contributed by atoms with Crippen molar-refractivity contribution in [1.29, 1.82) is 0 Å². The zero-order valence-corrected chi connectivity index (χ0v) is 5.20. The van der Waals surface area contributed by atoms with Crippen LogP contribution in [0, 0.1) is 0 Å². The molecule has 0 bridgehead atoms. The lowest BCUT2D eigenvalue weighted by atomic mass is 11.9. The van der Waals surface area contributed by atoms with E-state index in [4.69, 9.17) is 0 Å². The molecule has 0 aliphatic rings. The summed E-state index contributed by atoms with van der Waals surface area (Å²) >= 11 is 0. The molecular weight excluding hydrogens is 116 g/mol. The molecule has 0 spiro atoms. The lowest BCUT2D eigenvalue weighted by molar-refractivity contribution is 0.607. The standard InChI is InChI=1S/C2H6O2S.H4N2/c1-5(2,3)4;1-2/h1-2H3;1-2H2. The van der Waals surface area contributed by atoms with Crippen molar-refractivity contribution in [1.82, 2.24) is 0 Å². The molecule has 4 nitrogen and oxygen atoms in total. The maximum Gasteiger partial charge on any atom is 0.144 e. The van der Waals surface area contributed by atoms with Crippen LogP contribution in [-0.2, 0) is 9.84 Å². The molecule has 0 aromatic heterocycles. The highest BCUT2D eigenvalue weighted by Gasteiger charge is 1.79. The van der Waals surface area contributed by atoms with Gasteiger partial charge in [-0.3, -0.25) is 11.7 Å². The van der Waals surface area contributed by atoms with E-state index in [-0.39, 0.29) is 0 Å².